The van der Waals surface area contributed by atoms with Gasteiger partial charge in [-0.3, -0.25) is 0 Å². The molecule has 0 saturated carbocycles. The molecule has 3 nitrogen and oxygen atoms in total. The fourth-order valence-electron chi connectivity index (χ4n) is 2.44. The number of hydrogen-bond donors (Lipinski definition) is 0. The van der Waals surface area contributed by atoms with Gasteiger partial charge in [-0.1, -0.05) is 59.3 Å². The Labute approximate surface area is 139 Å². The van der Waals surface area contributed by atoms with Crippen LogP contribution in [0.3, 0.4) is 0 Å². The zero-order valence-corrected chi connectivity index (χ0v) is 16.6. The van der Waals surface area contributed by atoms with E-state index in [1.54, 1.807) is 0 Å². The van der Waals surface area contributed by atoms with Crippen LogP contribution < -0.4 is 0 Å². The van der Waals surface area contributed by atoms with Crippen LogP contribution in [0.4, 0.5) is 0 Å². The Balaban J connectivity index is 1.85. The van der Waals surface area contributed by atoms with E-state index >= 15 is 0 Å². The van der Waals surface area contributed by atoms with E-state index in [1.807, 2.05) is 0 Å². The first kappa shape index (κ1) is 20.1. The predicted molar refractivity (Wildman–Crippen MR) is 95.8 cm³/mol. The maximum Gasteiger partial charge on any atom is 0.191 e. The van der Waals surface area contributed by atoms with E-state index in [0.717, 1.165) is 13.2 Å². The zero-order chi connectivity index (χ0) is 16.5. The zero-order valence-electron chi connectivity index (χ0n) is 15.6. The van der Waals surface area contributed by atoms with Gasteiger partial charge in [0.2, 0.25) is 0 Å². The summed E-state index contributed by atoms with van der Waals surface area (Å²) in [5.41, 5.74) is 0. The Morgan fingerprint density at radius 2 is 1.55 bits per heavy atom. The molecule has 0 aromatic rings. The Morgan fingerprint density at radius 1 is 0.955 bits per heavy atom. The molecule has 0 bridgehead atoms. The smallest absolute Gasteiger partial charge is 0.191 e. The van der Waals surface area contributed by atoms with Crippen LogP contribution >= 0.6 is 0 Å². The lowest BCUT2D eigenvalue weighted by Crippen LogP contribution is -2.40. The Bertz CT molecular complexity index is 281. The summed E-state index contributed by atoms with van der Waals surface area (Å²) in [5.74, 6) is 0. The summed E-state index contributed by atoms with van der Waals surface area (Å²) in [6, 6.07) is 0. The van der Waals surface area contributed by atoms with E-state index in [1.165, 1.54) is 51.4 Å². The van der Waals surface area contributed by atoms with Gasteiger partial charge in [-0.25, -0.2) is 0 Å². The van der Waals surface area contributed by atoms with Gasteiger partial charge in [0, 0.05) is 6.61 Å². The quantitative estimate of drug-likeness (QED) is 0.370. The molecular formula is C18H38O3Si. The second-order valence-corrected chi connectivity index (χ2v) is 13.0. The second-order valence-electron chi connectivity index (χ2n) is 8.15. The van der Waals surface area contributed by atoms with Gasteiger partial charge in [0.15, 0.2) is 8.32 Å². The summed E-state index contributed by atoms with van der Waals surface area (Å²) in [7, 11) is -1.53. The third kappa shape index (κ3) is 8.09. The van der Waals surface area contributed by atoms with E-state index in [4.69, 9.17) is 13.9 Å². The summed E-state index contributed by atoms with van der Waals surface area (Å²) in [5, 5.41) is 0.334. The van der Waals surface area contributed by atoms with Crippen LogP contribution in [0.25, 0.3) is 0 Å². The maximum absolute atomic E-state index is 6.21. The van der Waals surface area contributed by atoms with Gasteiger partial charge >= 0.3 is 0 Å². The average molecular weight is 331 g/mol. The number of hydrogen-bond acceptors (Lipinski definition) is 3. The Kier molecular flexibility index (Phi) is 9.21. The summed E-state index contributed by atoms with van der Waals surface area (Å²) < 4.78 is 16.9. The van der Waals surface area contributed by atoms with Crippen molar-refractivity contribution in [2.45, 2.75) is 96.4 Å². The molecule has 1 heterocycles. The van der Waals surface area contributed by atoms with E-state index in [0.29, 0.717) is 17.9 Å². The van der Waals surface area contributed by atoms with Gasteiger partial charge in [-0.15, -0.1) is 0 Å². The second kappa shape index (κ2) is 10.1. The SMILES string of the molecule is CC(C)(C)[Si](C)(C)OCCCCCCCCCC1COCO1. The highest BCUT2D eigenvalue weighted by Crippen LogP contribution is 2.36. The average Bonchev–Trinajstić information content (AvgIpc) is 2.92. The molecule has 1 rings (SSSR count). The van der Waals surface area contributed by atoms with E-state index in [-0.39, 0.29) is 0 Å². The van der Waals surface area contributed by atoms with Gasteiger partial charge in [-0.05, 0) is 31.0 Å². The van der Waals surface area contributed by atoms with Crippen molar-refractivity contribution in [2.75, 3.05) is 20.0 Å². The van der Waals surface area contributed by atoms with Gasteiger partial charge in [0.05, 0.1) is 12.7 Å². The minimum absolute atomic E-state index is 0.334. The van der Waals surface area contributed by atoms with Crippen LogP contribution in [-0.4, -0.2) is 34.4 Å². The highest BCUT2D eigenvalue weighted by molar-refractivity contribution is 6.74. The Hall–Kier alpha value is 0.0969. The van der Waals surface area contributed by atoms with Crippen molar-refractivity contribution in [3.05, 3.63) is 0 Å². The lowest BCUT2D eigenvalue weighted by atomic mass is 10.1. The first-order chi connectivity index (χ1) is 10.3. The van der Waals surface area contributed by atoms with Crippen molar-refractivity contribution in [1.82, 2.24) is 0 Å². The topological polar surface area (TPSA) is 27.7 Å². The normalized spacial score (nSPS) is 19.8. The number of ether oxygens (including phenoxy) is 2. The lowest BCUT2D eigenvalue weighted by molar-refractivity contribution is 0.0440. The van der Waals surface area contributed by atoms with Crippen molar-refractivity contribution in [3.63, 3.8) is 0 Å². The van der Waals surface area contributed by atoms with Crippen LogP contribution in [0.2, 0.25) is 18.1 Å². The summed E-state index contributed by atoms with van der Waals surface area (Å²) in [6.07, 6.45) is 10.8. The number of unbranched alkanes of at least 4 members (excludes halogenated alkanes) is 6. The van der Waals surface area contributed by atoms with Crippen LogP contribution in [0, 0.1) is 0 Å². The monoisotopic (exact) mass is 330 g/mol. The van der Waals surface area contributed by atoms with Gasteiger partial charge in [-0.2, -0.15) is 0 Å². The van der Waals surface area contributed by atoms with Crippen molar-refractivity contribution in [3.8, 4) is 0 Å². The predicted octanol–water partition coefficient (Wildman–Crippen LogP) is 5.50. The fraction of sp³-hybridized carbons (Fsp3) is 1.00. The fourth-order valence-corrected chi connectivity index (χ4v) is 3.53. The van der Waals surface area contributed by atoms with Crippen LogP contribution in [0.15, 0.2) is 0 Å². The summed E-state index contributed by atoms with van der Waals surface area (Å²) in [6.45, 7) is 13.9. The molecule has 0 amide bonds. The molecule has 0 aromatic heterocycles. The highest BCUT2D eigenvalue weighted by Gasteiger charge is 2.36. The molecule has 22 heavy (non-hydrogen) atoms. The molecule has 0 aromatic carbocycles. The molecule has 0 spiro atoms. The van der Waals surface area contributed by atoms with Crippen molar-refractivity contribution in [2.24, 2.45) is 0 Å². The number of rotatable bonds is 11. The molecule has 1 unspecified atom stereocenters. The van der Waals surface area contributed by atoms with Gasteiger partial charge in [0.1, 0.15) is 6.79 Å². The van der Waals surface area contributed by atoms with Gasteiger partial charge in [0.25, 0.3) is 0 Å². The molecule has 0 aliphatic carbocycles. The standard InChI is InChI=1S/C18H38O3Si/c1-18(2,3)22(4,5)21-14-12-10-8-6-7-9-11-13-17-15-19-16-20-17/h17H,6-16H2,1-5H3. The molecule has 132 valence electrons. The highest BCUT2D eigenvalue weighted by atomic mass is 28.4. The molecule has 1 fully saturated rings. The molecule has 4 heteroatoms. The molecule has 1 saturated heterocycles. The molecule has 0 N–H and O–H groups in total. The van der Waals surface area contributed by atoms with Crippen LogP contribution in [0.1, 0.15) is 72.1 Å². The molecule has 0 radical (unpaired) electrons. The van der Waals surface area contributed by atoms with Crippen molar-refractivity contribution in [1.29, 1.82) is 0 Å². The molecule has 1 aliphatic rings. The third-order valence-corrected chi connectivity index (χ3v) is 9.67. The first-order valence-corrected chi connectivity index (χ1v) is 12.1. The molecular weight excluding hydrogens is 292 g/mol. The van der Waals surface area contributed by atoms with Crippen LogP contribution in [0.5, 0.6) is 0 Å². The van der Waals surface area contributed by atoms with E-state index in [9.17, 15) is 0 Å². The van der Waals surface area contributed by atoms with E-state index in [2.05, 4.69) is 33.9 Å². The van der Waals surface area contributed by atoms with Crippen molar-refractivity contribution < 1.29 is 13.9 Å². The van der Waals surface area contributed by atoms with Crippen LogP contribution in [-0.2, 0) is 13.9 Å². The van der Waals surface area contributed by atoms with Gasteiger partial charge < -0.3 is 13.9 Å². The largest absolute Gasteiger partial charge is 0.417 e. The van der Waals surface area contributed by atoms with E-state index < -0.39 is 8.32 Å². The molecule has 1 aliphatic heterocycles. The Morgan fingerprint density at radius 3 is 2.09 bits per heavy atom. The minimum Gasteiger partial charge on any atom is -0.417 e. The third-order valence-electron chi connectivity index (χ3n) is 5.13. The summed E-state index contributed by atoms with van der Waals surface area (Å²) >= 11 is 0. The maximum atomic E-state index is 6.21. The van der Waals surface area contributed by atoms with Crippen molar-refractivity contribution >= 4 is 8.32 Å². The first-order valence-electron chi connectivity index (χ1n) is 9.16. The minimum atomic E-state index is -1.53. The molecule has 1 atom stereocenters. The summed E-state index contributed by atoms with van der Waals surface area (Å²) in [4.78, 5) is 0. The lowest BCUT2D eigenvalue weighted by Gasteiger charge is -2.36.